The van der Waals surface area contributed by atoms with Crippen molar-refractivity contribution in [2.45, 2.75) is 71.3 Å². The second-order valence-corrected chi connectivity index (χ2v) is 11.2. The Hall–Kier alpha value is -2.14. The van der Waals surface area contributed by atoms with E-state index in [0.717, 1.165) is 31.6 Å². The number of fused-ring (bicyclic) bond motifs is 5. The lowest BCUT2D eigenvalue weighted by Crippen LogP contribution is -2.50. The maximum absolute atomic E-state index is 12.1. The van der Waals surface area contributed by atoms with E-state index < -0.39 is 6.16 Å². The Morgan fingerprint density at radius 3 is 2.74 bits per heavy atom. The van der Waals surface area contributed by atoms with Gasteiger partial charge in [-0.2, -0.15) is 0 Å². The third-order valence-electron chi connectivity index (χ3n) is 9.59. The van der Waals surface area contributed by atoms with E-state index in [1.807, 2.05) is 12.4 Å². The summed E-state index contributed by atoms with van der Waals surface area (Å²) < 4.78 is 15.9. The summed E-state index contributed by atoms with van der Waals surface area (Å²) in [4.78, 5) is 16.5. The topological polar surface area (TPSA) is 57.7 Å². The molecule has 2 saturated carbocycles. The first kappa shape index (κ1) is 23.6. The number of hydrogen-bond donors (Lipinski definition) is 0. The molecule has 0 unspecified atom stereocenters. The highest BCUT2D eigenvalue weighted by atomic mass is 16.7. The van der Waals surface area contributed by atoms with Gasteiger partial charge < -0.3 is 14.2 Å². The average Bonchev–Trinajstić information content (AvgIpc) is 3.20. The van der Waals surface area contributed by atoms with Crippen LogP contribution in [0, 0.1) is 28.6 Å². The molecular weight excluding hydrogens is 426 g/mol. The van der Waals surface area contributed by atoms with Gasteiger partial charge in [-0.3, -0.25) is 4.98 Å². The molecule has 0 aliphatic heterocycles. The second-order valence-electron chi connectivity index (χ2n) is 11.2. The smallest absolute Gasteiger partial charge is 0.434 e. The standard InChI is InChI=1S/C29H39NO4/c1-28-13-11-22(34-27(31)33-17-5-16-32-3)18-21(28)7-8-23-25-10-9-24(20-6-4-15-30-19-20)29(25,2)14-12-26(23)28/h4,6-7,9,15,19,22-23,25-26H,5,8,10-14,16-18H2,1-3H3/t22-,23-,25-,26-,28-,29+/m0/s1. The van der Waals surface area contributed by atoms with Crippen molar-refractivity contribution < 1.29 is 19.0 Å². The minimum absolute atomic E-state index is 0.0648. The van der Waals surface area contributed by atoms with Crippen molar-refractivity contribution in [2.24, 2.45) is 28.6 Å². The molecule has 5 nitrogen and oxygen atoms in total. The van der Waals surface area contributed by atoms with Crippen LogP contribution in [0.3, 0.4) is 0 Å². The van der Waals surface area contributed by atoms with Crippen LogP contribution in [0.1, 0.15) is 70.8 Å². The fourth-order valence-electron chi connectivity index (χ4n) is 7.79. The maximum atomic E-state index is 12.1. The summed E-state index contributed by atoms with van der Waals surface area (Å²) in [6.45, 7) is 5.93. The molecule has 6 atom stereocenters. The molecule has 0 saturated heterocycles. The van der Waals surface area contributed by atoms with Crippen LogP contribution in [0.5, 0.6) is 0 Å². The van der Waals surface area contributed by atoms with Crippen LogP contribution in [0.15, 0.2) is 42.3 Å². The van der Waals surface area contributed by atoms with Crippen molar-refractivity contribution in [3.63, 3.8) is 0 Å². The van der Waals surface area contributed by atoms with E-state index in [9.17, 15) is 4.79 Å². The Morgan fingerprint density at radius 1 is 1.09 bits per heavy atom. The molecular formula is C29H39NO4. The SMILES string of the molecule is COCCCOC(=O)O[C@H]1CC[C@@]2(C)C(=CC[C@@H]3[C@@H]2CC[C@]2(C)C(c4cccnc4)=CC[C@@H]32)C1. The zero-order valence-electron chi connectivity index (χ0n) is 20.9. The minimum Gasteiger partial charge on any atom is -0.434 e. The molecule has 0 aromatic carbocycles. The number of hydrogen-bond acceptors (Lipinski definition) is 5. The van der Waals surface area contributed by atoms with Gasteiger partial charge >= 0.3 is 6.16 Å². The highest BCUT2D eigenvalue weighted by molar-refractivity contribution is 5.72. The lowest BCUT2D eigenvalue weighted by atomic mass is 9.47. The van der Waals surface area contributed by atoms with Crippen LogP contribution in [0.25, 0.3) is 5.57 Å². The number of ether oxygens (including phenoxy) is 3. The normalized spacial score (nSPS) is 36.4. The van der Waals surface area contributed by atoms with Crippen LogP contribution < -0.4 is 0 Å². The van der Waals surface area contributed by atoms with Crippen molar-refractivity contribution in [3.8, 4) is 0 Å². The van der Waals surface area contributed by atoms with Gasteiger partial charge in [0, 0.05) is 39.0 Å². The lowest BCUT2D eigenvalue weighted by Gasteiger charge is -2.57. The Bertz CT molecular complexity index is 956. The molecule has 1 aromatic heterocycles. The zero-order chi connectivity index (χ0) is 23.8. The molecule has 0 N–H and O–H groups in total. The van der Waals surface area contributed by atoms with E-state index in [0.29, 0.717) is 31.5 Å². The highest BCUT2D eigenvalue weighted by Crippen LogP contribution is 2.66. The summed E-state index contributed by atoms with van der Waals surface area (Å²) >= 11 is 0. The average molecular weight is 466 g/mol. The van der Waals surface area contributed by atoms with Crippen LogP contribution >= 0.6 is 0 Å². The number of carbonyl (C=O) groups is 1. The first-order valence-corrected chi connectivity index (χ1v) is 13.1. The van der Waals surface area contributed by atoms with Gasteiger partial charge in [0.1, 0.15) is 6.10 Å². The van der Waals surface area contributed by atoms with Crippen molar-refractivity contribution in [1.29, 1.82) is 0 Å². The first-order chi connectivity index (χ1) is 16.5. The number of pyridine rings is 1. The number of rotatable bonds is 6. The summed E-state index contributed by atoms with van der Waals surface area (Å²) in [5.74, 6) is 2.14. The number of methoxy groups -OCH3 is 1. The van der Waals surface area contributed by atoms with Crippen molar-refractivity contribution in [1.82, 2.24) is 4.98 Å². The largest absolute Gasteiger partial charge is 0.508 e. The maximum Gasteiger partial charge on any atom is 0.508 e. The molecule has 5 rings (SSSR count). The summed E-state index contributed by atoms with van der Waals surface area (Å²) in [6.07, 6.45) is 16.7. The number of carbonyl (C=O) groups excluding carboxylic acids is 1. The van der Waals surface area contributed by atoms with E-state index in [1.165, 1.54) is 36.0 Å². The van der Waals surface area contributed by atoms with Crippen molar-refractivity contribution >= 4 is 11.7 Å². The molecule has 4 aliphatic carbocycles. The van der Waals surface area contributed by atoms with Crippen molar-refractivity contribution in [2.75, 3.05) is 20.3 Å². The molecule has 0 spiro atoms. The number of nitrogens with zero attached hydrogens (tertiary/aromatic N) is 1. The van der Waals surface area contributed by atoms with Gasteiger partial charge in [-0.1, -0.05) is 37.6 Å². The fourth-order valence-corrected chi connectivity index (χ4v) is 7.79. The quantitative estimate of drug-likeness (QED) is 0.269. The molecule has 1 aromatic rings. The van der Waals surface area contributed by atoms with Gasteiger partial charge in [0.2, 0.25) is 0 Å². The Kier molecular flexibility index (Phi) is 6.58. The molecule has 0 radical (unpaired) electrons. The molecule has 2 fully saturated rings. The fraction of sp³-hybridized carbons (Fsp3) is 0.655. The molecule has 1 heterocycles. The van der Waals surface area contributed by atoms with Gasteiger partial charge in [0.25, 0.3) is 0 Å². The van der Waals surface area contributed by atoms with E-state index in [2.05, 4.69) is 43.1 Å². The second kappa shape index (κ2) is 9.49. The summed E-state index contributed by atoms with van der Waals surface area (Å²) in [7, 11) is 1.65. The Labute approximate surface area is 204 Å². The Balaban J connectivity index is 1.26. The summed E-state index contributed by atoms with van der Waals surface area (Å²) in [5.41, 5.74) is 4.81. The molecule has 4 aliphatic rings. The molecule has 34 heavy (non-hydrogen) atoms. The number of allylic oxidation sites excluding steroid dienone is 3. The minimum atomic E-state index is -0.535. The molecule has 5 heteroatoms. The highest BCUT2D eigenvalue weighted by Gasteiger charge is 2.57. The third-order valence-corrected chi connectivity index (χ3v) is 9.59. The van der Waals surface area contributed by atoms with Gasteiger partial charge in [0.05, 0.1) is 6.61 Å². The number of aromatic nitrogens is 1. The zero-order valence-corrected chi connectivity index (χ0v) is 20.9. The van der Waals surface area contributed by atoms with Gasteiger partial charge in [0.15, 0.2) is 0 Å². The van der Waals surface area contributed by atoms with Crippen LogP contribution in [0.4, 0.5) is 4.79 Å². The predicted molar refractivity (Wildman–Crippen MR) is 132 cm³/mol. The summed E-state index contributed by atoms with van der Waals surface area (Å²) in [5, 5.41) is 0. The molecule has 0 amide bonds. The van der Waals surface area contributed by atoms with Crippen molar-refractivity contribution in [3.05, 3.63) is 47.8 Å². The van der Waals surface area contributed by atoms with E-state index in [1.54, 1.807) is 7.11 Å². The first-order valence-electron chi connectivity index (χ1n) is 13.1. The van der Waals surface area contributed by atoms with Crippen LogP contribution in [-0.4, -0.2) is 37.6 Å². The monoisotopic (exact) mass is 465 g/mol. The van der Waals surface area contributed by atoms with Gasteiger partial charge in [-0.15, -0.1) is 0 Å². The predicted octanol–water partition coefficient (Wildman–Crippen LogP) is 6.60. The van der Waals surface area contributed by atoms with E-state index in [-0.39, 0.29) is 16.9 Å². The molecule has 0 bridgehead atoms. The van der Waals surface area contributed by atoms with Gasteiger partial charge in [-0.05, 0) is 84.3 Å². The summed E-state index contributed by atoms with van der Waals surface area (Å²) in [6, 6.07) is 4.29. The van der Waals surface area contributed by atoms with Crippen LogP contribution in [0.2, 0.25) is 0 Å². The third kappa shape index (κ3) is 4.10. The Morgan fingerprint density at radius 2 is 1.94 bits per heavy atom. The molecule has 184 valence electrons. The van der Waals surface area contributed by atoms with Gasteiger partial charge in [-0.25, -0.2) is 4.79 Å². The van der Waals surface area contributed by atoms with Crippen LogP contribution in [-0.2, 0) is 14.2 Å². The van der Waals surface area contributed by atoms with E-state index in [4.69, 9.17) is 14.2 Å². The lowest BCUT2D eigenvalue weighted by molar-refractivity contribution is -0.0364. The van der Waals surface area contributed by atoms with E-state index >= 15 is 0 Å².